The first-order chi connectivity index (χ1) is 16.9. The smallest absolute Gasteiger partial charge is 0.410 e. The van der Waals surface area contributed by atoms with E-state index in [9.17, 15) is 26.4 Å². The molecule has 14 heteroatoms. The standard InChI is InChI=1S/C23H26BrF4N3O5S/c1-12-9-14(25)19(24)29-20(12)35-16-8-6-7-13(17(16)26)10-15-18(30-37(5,33)34)23(27,28)11-31(15)21(32)36-22(2,3)4/h6-9,15,18,30H,10-11H2,1-5H3/t15-,18+/m0/s1. The van der Waals surface area contributed by atoms with Gasteiger partial charge in [-0.15, -0.1) is 0 Å². The third-order valence-corrected chi connectivity index (χ3v) is 6.58. The Hall–Kier alpha value is -2.45. The van der Waals surface area contributed by atoms with Gasteiger partial charge in [-0.2, -0.15) is 0 Å². The number of sulfonamides is 1. The highest BCUT2D eigenvalue weighted by Gasteiger charge is 2.57. The average molecular weight is 612 g/mol. The second kappa shape index (κ2) is 10.4. The number of amides is 1. The van der Waals surface area contributed by atoms with Crippen molar-refractivity contribution in [2.75, 3.05) is 12.8 Å². The summed E-state index contributed by atoms with van der Waals surface area (Å²) in [5, 5.41) is 0. The molecule has 0 radical (unpaired) electrons. The molecule has 1 amide bonds. The first kappa shape index (κ1) is 29.1. The molecule has 8 nitrogen and oxygen atoms in total. The van der Waals surface area contributed by atoms with E-state index in [1.165, 1.54) is 25.1 Å². The minimum atomic E-state index is -4.13. The van der Waals surface area contributed by atoms with Crippen LogP contribution in [0, 0.1) is 18.6 Å². The predicted octanol–water partition coefficient (Wildman–Crippen LogP) is 4.94. The van der Waals surface area contributed by atoms with E-state index < -0.39 is 64.3 Å². The Balaban J connectivity index is 1.99. The monoisotopic (exact) mass is 611 g/mol. The van der Waals surface area contributed by atoms with Crippen LogP contribution < -0.4 is 9.46 Å². The molecule has 0 unspecified atom stereocenters. The summed E-state index contributed by atoms with van der Waals surface area (Å²) in [7, 11) is -4.13. The van der Waals surface area contributed by atoms with E-state index in [0.29, 0.717) is 11.2 Å². The highest BCUT2D eigenvalue weighted by atomic mass is 79.9. The van der Waals surface area contributed by atoms with Crippen LogP contribution in [0.5, 0.6) is 11.6 Å². The SMILES string of the molecule is Cc1cc(F)c(Br)nc1Oc1cccc(C[C@H]2[C@@H](NS(C)(=O)=O)C(F)(F)CN2C(=O)OC(C)(C)C)c1F. The lowest BCUT2D eigenvalue weighted by Gasteiger charge is -2.30. The number of nitrogens with one attached hydrogen (secondary N) is 1. The van der Waals surface area contributed by atoms with E-state index in [1.807, 2.05) is 4.72 Å². The molecule has 2 atom stereocenters. The van der Waals surface area contributed by atoms with Crippen molar-refractivity contribution in [2.45, 2.75) is 57.7 Å². The fourth-order valence-electron chi connectivity index (χ4n) is 3.82. The molecule has 2 aromatic rings. The summed E-state index contributed by atoms with van der Waals surface area (Å²) in [4.78, 5) is 17.4. The van der Waals surface area contributed by atoms with E-state index in [0.717, 1.165) is 6.07 Å². The zero-order valence-electron chi connectivity index (χ0n) is 20.6. The van der Waals surface area contributed by atoms with Crippen LogP contribution in [0.1, 0.15) is 31.9 Å². The van der Waals surface area contributed by atoms with Gasteiger partial charge in [0.2, 0.25) is 15.9 Å². The van der Waals surface area contributed by atoms with Gasteiger partial charge in [0, 0.05) is 5.56 Å². The van der Waals surface area contributed by atoms with Crippen LogP contribution in [-0.2, 0) is 21.2 Å². The number of benzene rings is 1. The quantitative estimate of drug-likeness (QED) is 0.367. The minimum absolute atomic E-state index is 0.0938. The summed E-state index contributed by atoms with van der Waals surface area (Å²) in [5.41, 5.74) is -0.880. The van der Waals surface area contributed by atoms with Crippen LogP contribution in [-0.4, -0.2) is 60.8 Å². The number of alkyl halides is 2. The van der Waals surface area contributed by atoms with Gasteiger partial charge in [0.05, 0.1) is 18.8 Å². The van der Waals surface area contributed by atoms with Crippen molar-refractivity contribution in [3.8, 4) is 11.6 Å². The summed E-state index contributed by atoms with van der Waals surface area (Å²) in [6, 6.07) is 1.54. The van der Waals surface area contributed by atoms with Crippen LogP contribution in [0.25, 0.3) is 0 Å². The number of hydrogen-bond acceptors (Lipinski definition) is 6. The lowest BCUT2D eigenvalue weighted by atomic mass is 9.98. The van der Waals surface area contributed by atoms with Crippen LogP contribution in [0.15, 0.2) is 28.9 Å². The van der Waals surface area contributed by atoms with Crippen molar-refractivity contribution in [3.05, 3.63) is 51.6 Å². The largest absolute Gasteiger partial charge is 0.444 e. The van der Waals surface area contributed by atoms with E-state index in [-0.39, 0.29) is 27.4 Å². The number of rotatable bonds is 6. The molecule has 2 heterocycles. The molecule has 1 aliphatic heterocycles. The summed E-state index contributed by atoms with van der Waals surface area (Å²) in [6.45, 7) is 5.00. The average Bonchev–Trinajstić information content (AvgIpc) is 2.97. The molecular formula is C23H26BrF4N3O5S. The molecule has 1 N–H and O–H groups in total. The number of hydrogen-bond donors (Lipinski definition) is 1. The normalized spacial score (nSPS) is 19.7. The first-order valence-corrected chi connectivity index (χ1v) is 13.7. The third-order valence-electron chi connectivity index (χ3n) is 5.35. The second-order valence-corrected chi connectivity index (χ2v) is 12.3. The summed E-state index contributed by atoms with van der Waals surface area (Å²) in [5.74, 6) is -5.68. The number of likely N-dealkylation sites (tertiary alicyclic amines) is 1. The molecule has 3 rings (SSSR count). The van der Waals surface area contributed by atoms with E-state index in [2.05, 4.69) is 20.9 Å². The molecule has 0 saturated carbocycles. The molecule has 37 heavy (non-hydrogen) atoms. The molecule has 1 aromatic carbocycles. The van der Waals surface area contributed by atoms with Crippen molar-refractivity contribution in [1.82, 2.24) is 14.6 Å². The number of nitrogens with zero attached hydrogens (tertiary/aromatic N) is 2. The van der Waals surface area contributed by atoms with E-state index >= 15 is 4.39 Å². The number of ether oxygens (including phenoxy) is 2. The van der Waals surface area contributed by atoms with Gasteiger partial charge in [0.15, 0.2) is 17.4 Å². The number of aryl methyl sites for hydroxylation is 1. The van der Waals surface area contributed by atoms with Gasteiger partial charge < -0.3 is 9.47 Å². The Bertz CT molecular complexity index is 1300. The van der Waals surface area contributed by atoms with E-state index in [4.69, 9.17) is 9.47 Å². The van der Waals surface area contributed by atoms with Gasteiger partial charge in [-0.05, 0) is 67.7 Å². The van der Waals surface area contributed by atoms with Crippen LogP contribution in [0.4, 0.5) is 22.4 Å². The number of pyridine rings is 1. The first-order valence-electron chi connectivity index (χ1n) is 11.0. The predicted molar refractivity (Wildman–Crippen MR) is 130 cm³/mol. The summed E-state index contributed by atoms with van der Waals surface area (Å²) in [6.07, 6.45) is -0.884. The Kier molecular flexibility index (Phi) is 8.16. The van der Waals surface area contributed by atoms with Crippen molar-refractivity contribution in [1.29, 1.82) is 0 Å². The van der Waals surface area contributed by atoms with Gasteiger partial charge in [-0.3, -0.25) is 4.90 Å². The second-order valence-electron chi connectivity index (χ2n) is 9.72. The molecular weight excluding hydrogens is 586 g/mol. The molecule has 0 aliphatic carbocycles. The molecule has 1 saturated heterocycles. The van der Waals surface area contributed by atoms with Gasteiger partial charge in [-0.25, -0.2) is 40.5 Å². The van der Waals surface area contributed by atoms with Gasteiger partial charge in [-0.1, -0.05) is 12.1 Å². The van der Waals surface area contributed by atoms with Crippen LogP contribution >= 0.6 is 15.9 Å². The van der Waals surface area contributed by atoms with Gasteiger partial charge >= 0.3 is 6.09 Å². The number of aromatic nitrogens is 1. The highest BCUT2D eigenvalue weighted by molar-refractivity contribution is 9.10. The number of carbonyl (C=O) groups excluding carboxylic acids is 1. The van der Waals surface area contributed by atoms with Crippen molar-refractivity contribution in [2.24, 2.45) is 0 Å². The van der Waals surface area contributed by atoms with Gasteiger partial charge in [0.25, 0.3) is 5.92 Å². The van der Waals surface area contributed by atoms with Crippen molar-refractivity contribution >= 4 is 32.0 Å². The number of carbonyl (C=O) groups is 1. The fourth-order valence-corrected chi connectivity index (χ4v) is 4.88. The molecule has 1 fully saturated rings. The maximum Gasteiger partial charge on any atom is 0.410 e. The molecule has 1 aromatic heterocycles. The summed E-state index contributed by atoms with van der Waals surface area (Å²) >= 11 is 2.93. The van der Waals surface area contributed by atoms with E-state index in [1.54, 1.807) is 20.8 Å². The van der Waals surface area contributed by atoms with Crippen LogP contribution in [0.3, 0.4) is 0 Å². The third kappa shape index (κ3) is 7.11. The zero-order chi connectivity index (χ0) is 27.9. The molecule has 204 valence electrons. The van der Waals surface area contributed by atoms with Crippen molar-refractivity contribution in [3.63, 3.8) is 0 Å². The Morgan fingerprint density at radius 3 is 2.54 bits per heavy atom. The molecule has 1 aliphatic rings. The lowest BCUT2D eigenvalue weighted by Crippen LogP contribution is -2.52. The molecule has 0 spiro atoms. The lowest BCUT2D eigenvalue weighted by molar-refractivity contribution is -0.0122. The summed E-state index contributed by atoms with van der Waals surface area (Å²) < 4.78 is 95.4. The Morgan fingerprint density at radius 2 is 1.95 bits per heavy atom. The maximum absolute atomic E-state index is 15.5. The van der Waals surface area contributed by atoms with Gasteiger partial charge in [0.1, 0.15) is 16.2 Å². The van der Waals surface area contributed by atoms with Crippen molar-refractivity contribution < 1.29 is 40.2 Å². The highest BCUT2D eigenvalue weighted by Crippen LogP contribution is 2.37. The number of halogens is 5. The maximum atomic E-state index is 15.5. The topological polar surface area (TPSA) is 97.8 Å². The Labute approximate surface area is 220 Å². The fraction of sp³-hybridized carbons (Fsp3) is 0.478. The minimum Gasteiger partial charge on any atom is -0.444 e. The zero-order valence-corrected chi connectivity index (χ0v) is 23.0. The van der Waals surface area contributed by atoms with Crippen LogP contribution in [0.2, 0.25) is 0 Å². The Morgan fingerprint density at radius 1 is 1.30 bits per heavy atom. The molecule has 0 bridgehead atoms.